The number of fused-ring (bicyclic) bond motifs is 1. The number of nitrogens with zero attached hydrogens (tertiary/aromatic N) is 1. The van der Waals surface area contributed by atoms with Gasteiger partial charge in [-0.1, -0.05) is 35.9 Å². The van der Waals surface area contributed by atoms with Gasteiger partial charge in [0.2, 0.25) is 0 Å². The van der Waals surface area contributed by atoms with Crippen molar-refractivity contribution in [3.63, 3.8) is 0 Å². The Bertz CT molecular complexity index is 715. The second kappa shape index (κ2) is 5.02. The Balaban J connectivity index is 2.14. The van der Waals surface area contributed by atoms with Crippen molar-refractivity contribution in [1.29, 1.82) is 0 Å². The van der Waals surface area contributed by atoms with E-state index < -0.39 is 0 Å². The lowest BCUT2D eigenvalue weighted by Gasteiger charge is -2.11. The van der Waals surface area contributed by atoms with Crippen LogP contribution in [-0.2, 0) is 0 Å². The summed E-state index contributed by atoms with van der Waals surface area (Å²) in [6.45, 7) is 1.99. The fourth-order valence-electron chi connectivity index (χ4n) is 2.30. The van der Waals surface area contributed by atoms with Crippen LogP contribution in [0.5, 0.6) is 0 Å². The molecule has 0 radical (unpaired) electrons. The molecule has 100 valence electrons. The highest BCUT2D eigenvalue weighted by molar-refractivity contribution is 6.31. The lowest BCUT2D eigenvalue weighted by atomic mass is 10.0. The van der Waals surface area contributed by atoms with E-state index in [0.717, 1.165) is 28.2 Å². The van der Waals surface area contributed by atoms with Crippen LogP contribution in [0.25, 0.3) is 5.57 Å². The zero-order valence-electron chi connectivity index (χ0n) is 11.0. The van der Waals surface area contributed by atoms with E-state index in [-0.39, 0.29) is 0 Å². The fourth-order valence-corrected chi connectivity index (χ4v) is 2.43. The summed E-state index contributed by atoms with van der Waals surface area (Å²) in [7, 11) is 0. The quantitative estimate of drug-likeness (QED) is 0.825. The monoisotopic (exact) mass is 283 g/mol. The molecule has 3 N–H and O–H groups in total. The van der Waals surface area contributed by atoms with Crippen LogP contribution >= 0.6 is 11.6 Å². The summed E-state index contributed by atoms with van der Waals surface area (Å²) in [5.41, 5.74) is 10.8. The van der Waals surface area contributed by atoms with Gasteiger partial charge in [-0.05, 0) is 36.8 Å². The van der Waals surface area contributed by atoms with Crippen LogP contribution < -0.4 is 11.1 Å². The normalized spacial score (nSPS) is 14.2. The predicted octanol–water partition coefficient (Wildman–Crippen LogP) is 4.19. The zero-order chi connectivity index (χ0) is 14.1. The second-order valence-corrected chi connectivity index (χ2v) is 5.08. The molecular formula is C16H14ClN3. The molecule has 0 atom stereocenters. The number of nitrogens with two attached hydrogens (primary N) is 1. The number of hydrogen-bond donors (Lipinski definition) is 2. The van der Waals surface area contributed by atoms with Crippen LogP contribution in [-0.4, -0.2) is 5.84 Å². The van der Waals surface area contributed by atoms with Crippen molar-refractivity contribution in [2.45, 2.75) is 6.92 Å². The van der Waals surface area contributed by atoms with Crippen molar-refractivity contribution >= 4 is 34.4 Å². The molecule has 0 unspecified atom stereocenters. The maximum atomic E-state index is 6.17. The van der Waals surface area contributed by atoms with Crippen LogP contribution in [0.15, 0.2) is 59.2 Å². The van der Waals surface area contributed by atoms with Crippen molar-refractivity contribution in [1.82, 2.24) is 0 Å². The van der Waals surface area contributed by atoms with Crippen molar-refractivity contribution < 1.29 is 0 Å². The van der Waals surface area contributed by atoms with Crippen molar-refractivity contribution in [2.75, 3.05) is 5.32 Å². The molecule has 3 nitrogen and oxygen atoms in total. The number of hydrogen-bond acceptors (Lipinski definition) is 3. The number of allylic oxidation sites excluding steroid dienone is 1. The summed E-state index contributed by atoms with van der Waals surface area (Å²) < 4.78 is 0. The van der Waals surface area contributed by atoms with Gasteiger partial charge in [0.25, 0.3) is 0 Å². The SMILES string of the molecule is CC1=C(c2ccc(Cl)cc2)C(N)=Nc2ccccc2N1. The Kier molecular flexibility index (Phi) is 3.20. The molecule has 0 aromatic heterocycles. The van der Waals surface area contributed by atoms with E-state index in [4.69, 9.17) is 17.3 Å². The minimum atomic E-state index is 0.502. The third kappa shape index (κ3) is 2.28. The number of rotatable bonds is 1. The Hall–Kier alpha value is -2.26. The first-order valence-corrected chi connectivity index (χ1v) is 6.70. The van der Waals surface area contributed by atoms with Gasteiger partial charge in [0.05, 0.1) is 11.4 Å². The maximum Gasteiger partial charge on any atom is 0.133 e. The smallest absolute Gasteiger partial charge is 0.133 e. The zero-order valence-corrected chi connectivity index (χ0v) is 11.8. The van der Waals surface area contributed by atoms with Gasteiger partial charge in [0, 0.05) is 16.3 Å². The molecule has 1 aliphatic heterocycles. The number of anilines is 1. The number of halogens is 1. The molecule has 0 fully saturated rings. The molecule has 1 aliphatic rings. The molecule has 0 amide bonds. The van der Waals surface area contributed by atoms with Crippen molar-refractivity contribution in [3.05, 3.63) is 64.8 Å². The molecule has 2 aromatic carbocycles. The first-order chi connectivity index (χ1) is 9.65. The van der Waals surface area contributed by atoms with Gasteiger partial charge >= 0.3 is 0 Å². The molecule has 0 saturated carbocycles. The Morgan fingerprint density at radius 3 is 2.50 bits per heavy atom. The topological polar surface area (TPSA) is 50.4 Å². The molecule has 20 heavy (non-hydrogen) atoms. The van der Waals surface area contributed by atoms with Gasteiger partial charge in [0.15, 0.2) is 0 Å². The van der Waals surface area contributed by atoms with E-state index in [1.165, 1.54) is 0 Å². The number of amidine groups is 1. The number of para-hydroxylation sites is 2. The summed E-state index contributed by atoms with van der Waals surface area (Å²) in [6.07, 6.45) is 0. The summed E-state index contributed by atoms with van der Waals surface area (Å²) in [5, 5.41) is 4.07. The second-order valence-electron chi connectivity index (χ2n) is 4.65. The summed E-state index contributed by atoms with van der Waals surface area (Å²) in [5.74, 6) is 0.502. The lowest BCUT2D eigenvalue weighted by molar-refractivity contribution is 1.39. The van der Waals surface area contributed by atoms with Crippen LogP contribution in [0, 0.1) is 0 Å². The van der Waals surface area contributed by atoms with E-state index in [2.05, 4.69) is 10.3 Å². The van der Waals surface area contributed by atoms with E-state index in [0.29, 0.717) is 10.9 Å². The summed E-state index contributed by atoms with van der Waals surface area (Å²) >= 11 is 5.94. The summed E-state index contributed by atoms with van der Waals surface area (Å²) in [4.78, 5) is 4.51. The highest BCUT2D eigenvalue weighted by Crippen LogP contribution is 2.32. The molecule has 1 heterocycles. The molecule has 0 bridgehead atoms. The van der Waals surface area contributed by atoms with E-state index in [1.54, 1.807) is 0 Å². The van der Waals surface area contributed by atoms with Crippen LogP contribution in [0.4, 0.5) is 11.4 Å². The van der Waals surface area contributed by atoms with Crippen molar-refractivity contribution in [2.24, 2.45) is 10.7 Å². The third-order valence-electron chi connectivity index (χ3n) is 3.23. The highest BCUT2D eigenvalue weighted by atomic mass is 35.5. The van der Waals surface area contributed by atoms with Gasteiger partial charge in [-0.2, -0.15) is 0 Å². The Labute approximate surface area is 122 Å². The largest absolute Gasteiger partial charge is 0.383 e. The fraction of sp³-hybridized carbons (Fsp3) is 0.0625. The molecular weight excluding hydrogens is 270 g/mol. The van der Waals surface area contributed by atoms with Crippen LogP contribution in [0.2, 0.25) is 5.02 Å². The first-order valence-electron chi connectivity index (χ1n) is 6.32. The Morgan fingerprint density at radius 2 is 1.75 bits per heavy atom. The van der Waals surface area contributed by atoms with E-state index in [9.17, 15) is 0 Å². The lowest BCUT2D eigenvalue weighted by Crippen LogP contribution is -2.15. The molecule has 0 spiro atoms. The average Bonchev–Trinajstić information content (AvgIpc) is 2.55. The number of aliphatic imine (C=N–C) groups is 1. The average molecular weight is 284 g/mol. The van der Waals surface area contributed by atoms with E-state index >= 15 is 0 Å². The molecule has 0 saturated heterocycles. The van der Waals surface area contributed by atoms with Gasteiger partial charge in [-0.15, -0.1) is 0 Å². The van der Waals surface area contributed by atoms with Crippen LogP contribution in [0.1, 0.15) is 12.5 Å². The van der Waals surface area contributed by atoms with Gasteiger partial charge in [-0.25, -0.2) is 4.99 Å². The number of nitrogens with one attached hydrogen (secondary N) is 1. The predicted molar refractivity (Wildman–Crippen MR) is 85.4 cm³/mol. The third-order valence-corrected chi connectivity index (χ3v) is 3.48. The standard InChI is InChI=1S/C16H14ClN3/c1-10-15(11-6-8-12(17)9-7-11)16(18)20-14-5-3-2-4-13(14)19-10/h2-9,19H,1H3,(H2,18,20). The minimum Gasteiger partial charge on any atom is -0.383 e. The van der Waals surface area contributed by atoms with Crippen LogP contribution in [0.3, 0.4) is 0 Å². The van der Waals surface area contributed by atoms with Gasteiger partial charge in [-0.3, -0.25) is 0 Å². The summed E-state index contributed by atoms with van der Waals surface area (Å²) in [6, 6.07) is 15.4. The van der Waals surface area contributed by atoms with Gasteiger partial charge in [0.1, 0.15) is 5.84 Å². The highest BCUT2D eigenvalue weighted by Gasteiger charge is 2.16. The Morgan fingerprint density at radius 1 is 1.05 bits per heavy atom. The maximum absolute atomic E-state index is 6.17. The van der Waals surface area contributed by atoms with Crippen molar-refractivity contribution in [3.8, 4) is 0 Å². The molecule has 0 aliphatic carbocycles. The molecule has 3 rings (SSSR count). The molecule has 2 aromatic rings. The minimum absolute atomic E-state index is 0.502. The van der Waals surface area contributed by atoms with E-state index in [1.807, 2.05) is 55.5 Å². The molecule has 4 heteroatoms. The number of benzene rings is 2. The van der Waals surface area contributed by atoms with Gasteiger partial charge < -0.3 is 11.1 Å². The first kappa shape index (κ1) is 12.8.